The molecular weight excluding hydrogens is 309 g/mol. The molecule has 21 heavy (non-hydrogen) atoms. The van der Waals surface area contributed by atoms with Gasteiger partial charge in [-0.25, -0.2) is 0 Å². The monoisotopic (exact) mass is 316 g/mol. The highest BCUT2D eigenvalue weighted by molar-refractivity contribution is 6.30. The van der Waals surface area contributed by atoms with E-state index >= 15 is 0 Å². The van der Waals surface area contributed by atoms with Gasteiger partial charge in [0, 0.05) is 11.2 Å². The predicted octanol–water partition coefficient (Wildman–Crippen LogP) is 3.71. The molecule has 0 atom stereocenters. The van der Waals surface area contributed by atoms with Crippen molar-refractivity contribution in [1.29, 1.82) is 0 Å². The number of hydrogen-bond acceptors (Lipinski definition) is 3. The average Bonchev–Trinajstić information content (AvgIpc) is 2.40. The summed E-state index contributed by atoms with van der Waals surface area (Å²) in [5.74, 6) is -1.32. The van der Waals surface area contributed by atoms with Gasteiger partial charge in [0.05, 0.1) is 23.0 Å². The number of alkyl halides is 3. The summed E-state index contributed by atoms with van der Waals surface area (Å²) < 4.78 is 38.7. The van der Waals surface area contributed by atoms with E-state index in [1.54, 1.807) is 0 Å². The molecule has 1 aromatic carbocycles. The first kappa shape index (κ1) is 15.1. The minimum Gasteiger partial charge on any atom is -0.505 e. The summed E-state index contributed by atoms with van der Waals surface area (Å²) in [6.45, 7) is 0. The Morgan fingerprint density at radius 2 is 2.00 bits per heavy atom. The van der Waals surface area contributed by atoms with Gasteiger partial charge in [-0.1, -0.05) is 11.6 Å². The first-order valence-electron chi connectivity index (χ1n) is 5.60. The van der Waals surface area contributed by atoms with Crippen LogP contribution in [0.4, 0.5) is 18.9 Å². The Bertz CT molecular complexity index is 689. The van der Waals surface area contributed by atoms with Crippen molar-refractivity contribution in [2.75, 3.05) is 5.32 Å². The highest BCUT2D eigenvalue weighted by atomic mass is 35.5. The molecule has 0 radical (unpaired) electrons. The summed E-state index contributed by atoms with van der Waals surface area (Å²) in [6.07, 6.45) is -2.42. The molecule has 0 unspecified atom stereocenters. The number of aromatic nitrogens is 1. The molecule has 1 heterocycles. The van der Waals surface area contributed by atoms with E-state index in [2.05, 4.69) is 10.3 Å². The van der Waals surface area contributed by atoms with E-state index in [4.69, 9.17) is 11.6 Å². The zero-order valence-electron chi connectivity index (χ0n) is 10.3. The van der Waals surface area contributed by atoms with Crippen LogP contribution in [0.1, 0.15) is 15.9 Å². The van der Waals surface area contributed by atoms with Gasteiger partial charge in [0.1, 0.15) is 5.75 Å². The number of benzene rings is 1. The summed E-state index contributed by atoms with van der Waals surface area (Å²) in [4.78, 5) is 15.5. The van der Waals surface area contributed by atoms with Crippen LogP contribution in [0.5, 0.6) is 5.75 Å². The molecule has 0 aliphatic heterocycles. The number of anilines is 1. The van der Waals surface area contributed by atoms with Crippen LogP contribution in [0.3, 0.4) is 0 Å². The van der Waals surface area contributed by atoms with Crippen LogP contribution in [0.2, 0.25) is 5.02 Å². The molecule has 0 saturated carbocycles. The van der Waals surface area contributed by atoms with E-state index in [1.807, 2.05) is 0 Å². The summed E-state index contributed by atoms with van der Waals surface area (Å²) in [7, 11) is 0. The number of pyridine rings is 1. The number of rotatable bonds is 2. The zero-order valence-corrected chi connectivity index (χ0v) is 11.0. The third kappa shape index (κ3) is 3.43. The Morgan fingerprint density at radius 1 is 1.29 bits per heavy atom. The quantitative estimate of drug-likeness (QED) is 0.887. The molecule has 4 nitrogen and oxygen atoms in total. The van der Waals surface area contributed by atoms with Gasteiger partial charge in [0.25, 0.3) is 5.91 Å². The van der Waals surface area contributed by atoms with Crippen molar-refractivity contribution in [1.82, 2.24) is 4.98 Å². The van der Waals surface area contributed by atoms with E-state index in [1.165, 1.54) is 18.3 Å². The number of nitrogens with zero attached hydrogens (tertiary/aromatic N) is 1. The summed E-state index contributed by atoms with van der Waals surface area (Å²) in [5.41, 5.74) is -1.71. The first-order valence-corrected chi connectivity index (χ1v) is 5.98. The molecule has 0 spiro atoms. The Morgan fingerprint density at radius 3 is 2.62 bits per heavy atom. The second kappa shape index (κ2) is 5.61. The van der Waals surface area contributed by atoms with Gasteiger partial charge in [-0.05, 0) is 24.3 Å². The van der Waals surface area contributed by atoms with Crippen LogP contribution in [0.15, 0.2) is 36.7 Å². The second-order valence-electron chi connectivity index (χ2n) is 4.03. The molecule has 0 aliphatic rings. The van der Waals surface area contributed by atoms with Gasteiger partial charge in [0.15, 0.2) is 0 Å². The Hall–Kier alpha value is -2.28. The minimum absolute atomic E-state index is 0.105. The van der Waals surface area contributed by atoms with E-state index < -0.39 is 29.1 Å². The lowest BCUT2D eigenvalue weighted by Crippen LogP contribution is -2.16. The smallest absolute Gasteiger partial charge is 0.418 e. The number of carbonyl (C=O) groups excluding carboxylic acids is 1. The van der Waals surface area contributed by atoms with Gasteiger partial charge in [-0.15, -0.1) is 0 Å². The van der Waals surface area contributed by atoms with Crippen LogP contribution in [0, 0.1) is 0 Å². The molecule has 2 rings (SSSR count). The van der Waals surface area contributed by atoms with Gasteiger partial charge < -0.3 is 10.4 Å². The average molecular weight is 317 g/mol. The molecule has 0 bridgehead atoms. The molecular formula is C13H8ClF3N2O2. The molecule has 110 valence electrons. The topological polar surface area (TPSA) is 62.2 Å². The van der Waals surface area contributed by atoms with E-state index in [0.717, 1.165) is 12.3 Å². The summed E-state index contributed by atoms with van der Waals surface area (Å²) in [5, 5.41) is 11.5. The van der Waals surface area contributed by atoms with Crippen molar-refractivity contribution >= 4 is 23.2 Å². The normalized spacial score (nSPS) is 11.2. The lowest BCUT2D eigenvalue weighted by atomic mass is 10.1. The fraction of sp³-hybridized carbons (Fsp3) is 0.0769. The van der Waals surface area contributed by atoms with Crippen molar-refractivity contribution < 1.29 is 23.1 Å². The number of amides is 1. The SMILES string of the molecule is O=C(Nc1ccc(Cl)cc1C(F)(F)F)c1ccncc1O. The number of hydrogen-bond donors (Lipinski definition) is 2. The molecule has 8 heteroatoms. The van der Waals surface area contributed by atoms with E-state index in [0.29, 0.717) is 6.07 Å². The maximum Gasteiger partial charge on any atom is 0.418 e. The molecule has 0 fully saturated rings. The molecule has 2 N–H and O–H groups in total. The third-order valence-corrected chi connectivity index (χ3v) is 2.81. The molecule has 1 aromatic heterocycles. The number of aromatic hydroxyl groups is 1. The first-order chi connectivity index (χ1) is 9.79. The summed E-state index contributed by atoms with van der Waals surface area (Å²) in [6, 6.07) is 4.16. The minimum atomic E-state index is -4.67. The van der Waals surface area contributed by atoms with Crippen LogP contribution in [-0.2, 0) is 6.18 Å². The van der Waals surface area contributed by atoms with Crippen molar-refractivity contribution in [3.05, 3.63) is 52.8 Å². The third-order valence-electron chi connectivity index (χ3n) is 2.58. The fourth-order valence-corrected chi connectivity index (χ4v) is 1.80. The Kier molecular flexibility index (Phi) is 4.04. The van der Waals surface area contributed by atoms with Crippen molar-refractivity contribution in [2.45, 2.75) is 6.18 Å². The molecule has 0 saturated heterocycles. The maximum absolute atomic E-state index is 12.9. The number of halogens is 4. The molecule has 2 aromatic rings. The Labute approximate surface area is 122 Å². The van der Waals surface area contributed by atoms with Gasteiger partial charge in [-0.2, -0.15) is 13.2 Å². The van der Waals surface area contributed by atoms with E-state index in [9.17, 15) is 23.1 Å². The number of nitrogens with one attached hydrogen (secondary N) is 1. The highest BCUT2D eigenvalue weighted by Crippen LogP contribution is 2.36. The van der Waals surface area contributed by atoms with Crippen molar-refractivity contribution in [3.8, 4) is 5.75 Å². The molecule has 1 amide bonds. The van der Waals surface area contributed by atoms with Gasteiger partial charge in [-0.3, -0.25) is 9.78 Å². The Balaban J connectivity index is 2.36. The summed E-state index contributed by atoms with van der Waals surface area (Å²) >= 11 is 5.54. The van der Waals surface area contributed by atoms with Crippen LogP contribution in [-0.4, -0.2) is 16.0 Å². The lowest BCUT2D eigenvalue weighted by molar-refractivity contribution is -0.136. The lowest BCUT2D eigenvalue weighted by Gasteiger charge is -2.14. The van der Waals surface area contributed by atoms with E-state index in [-0.39, 0.29) is 10.6 Å². The second-order valence-corrected chi connectivity index (χ2v) is 4.47. The van der Waals surface area contributed by atoms with Crippen LogP contribution >= 0.6 is 11.6 Å². The van der Waals surface area contributed by atoms with Crippen LogP contribution in [0.25, 0.3) is 0 Å². The highest BCUT2D eigenvalue weighted by Gasteiger charge is 2.34. The van der Waals surface area contributed by atoms with Crippen molar-refractivity contribution in [3.63, 3.8) is 0 Å². The maximum atomic E-state index is 12.9. The predicted molar refractivity (Wildman–Crippen MR) is 70.3 cm³/mol. The van der Waals surface area contributed by atoms with Gasteiger partial charge in [0.2, 0.25) is 0 Å². The number of carbonyl (C=O) groups is 1. The van der Waals surface area contributed by atoms with Crippen molar-refractivity contribution in [2.24, 2.45) is 0 Å². The largest absolute Gasteiger partial charge is 0.505 e. The van der Waals surface area contributed by atoms with Crippen LogP contribution < -0.4 is 5.32 Å². The zero-order chi connectivity index (χ0) is 15.6. The molecule has 0 aliphatic carbocycles. The fourth-order valence-electron chi connectivity index (χ4n) is 1.63. The standard InChI is InChI=1S/C13H8ClF3N2O2/c14-7-1-2-10(9(5-7)13(15,16)17)19-12(21)8-3-4-18-6-11(8)20/h1-6,20H,(H,19,21). The van der Waals surface area contributed by atoms with Gasteiger partial charge >= 0.3 is 6.18 Å².